The van der Waals surface area contributed by atoms with Gasteiger partial charge in [0, 0.05) is 17.7 Å². The first-order chi connectivity index (χ1) is 13.6. The predicted octanol–water partition coefficient (Wildman–Crippen LogP) is 4.37. The molecule has 0 fully saturated rings. The highest BCUT2D eigenvalue weighted by molar-refractivity contribution is 5.97. The number of nitrogens with zero attached hydrogens (tertiary/aromatic N) is 1. The molecule has 2 rings (SSSR count). The van der Waals surface area contributed by atoms with Crippen LogP contribution in [0.5, 0.6) is 5.75 Å². The zero-order chi connectivity index (χ0) is 20.2. The molecule has 2 amide bonds. The average Bonchev–Trinajstić information content (AvgIpc) is 2.72. The first-order valence-electron chi connectivity index (χ1n) is 9.49. The van der Waals surface area contributed by atoms with Gasteiger partial charge in [-0.15, -0.1) is 0 Å². The van der Waals surface area contributed by atoms with Crippen LogP contribution in [0.3, 0.4) is 0 Å². The molecule has 2 aromatic carbocycles. The number of carbonyl (C=O) groups excluding carboxylic acids is 2. The van der Waals surface area contributed by atoms with E-state index in [1.807, 2.05) is 24.3 Å². The molecule has 148 valence electrons. The van der Waals surface area contributed by atoms with Crippen molar-refractivity contribution in [2.45, 2.75) is 39.0 Å². The number of carbonyl (C=O) groups is 2. The summed E-state index contributed by atoms with van der Waals surface area (Å²) < 4.78 is 5.10. The monoisotopic (exact) mass is 381 g/mol. The fraction of sp³-hybridized carbons (Fsp3) is 0.318. The Hall–Kier alpha value is -3.15. The van der Waals surface area contributed by atoms with E-state index in [9.17, 15) is 9.59 Å². The maximum Gasteiger partial charge on any atom is 0.271 e. The summed E-state index contributed by atoms with van der Waals surface area (Å²) in [7, 11) is 1.60. The van der Waals surface area contributed by atoms with Gasteiger partial charge in [-0.25, -0.2) is 5.43 Å². The van der Waals surface area contributed by atoms with E-state index >= 15 is 0 Å². The molecule has 0 aliphatic rings. The number of hydrogen-bond donors (Lipinski definition) is 2. The zero-order valence-electron chi connectivity index (χ0n) is 16.4. The molecule has 0 spiro atoms. The molecular formula is C22H27N3O3. The van der Waals surface area contributed by atoms with E-state index in [2.05, 4.69) is 22.8 Å². The van der Waals surface area contributed by atoms with Gasteiger partial charge in [-0.1, -0.05) is 32.3 Å². The lowest BCUT2D eigenvalue weighted by molar-refractivity contribution is -0.116. The number of rotatable bonds is 10. The summed E-state index contributed by atoms with van der Waals surface area (Å²) in [6, 6.07) is 14.1. The van der Waals surface area contributed by atoms with Crippen LogP contribution in [0.2, 0.25) is 0 Å². The second kappa shape index (κ2) is 11.5. The van der Waals surface area contributed by atoms with Crippen LogP contribution in [-0.2, 0) is 4.79 Å². The fourth-order valence-corrected chi connectivity index (χ4v) is 2.59. The summed E-state index contributed by atoms with van der Waals surface area (Å²) >= 11 is 0. The van der Waals surface area contributed by atoms with Gasteiger partial charge in [0.25, 0.3) is 5.91 Å². The number of amides is 2. The molecule has 28 heavy (non-hydrogen) atoms. The van der Waals surface area contributed by atoms with Gasteiger partial charge in [0.05, 0.1) is 13.3 Å². The summed E-state index contributed by atoms with van der Waals surface area (Å²) in [5.41, 5.74) is 4.36. The van der Waals surface area contributed by atoms with Gasteiger partial charge in [-0.2, -0.15) is 5.10 Å². The Labute approximate surface area is 166 Å². The van der Waals surface area contributed by atoms with Crippen molar-refractivity contribution < 1.29 is 14.3 Å². The van der Waals surface area contributed by atoms with E-state index in [0.29, 0.717) is 17.7 Å². The van der Waals surface area contributed by atoms with E-state index in [4.69, 9.17) is 4.74 Å². The van der Waals surface area contributed by atoms with Crippen LogP contribution in [0.15, 0.2) is 53.6 Å². The predicted molar refractivity (Wildman–Crippen MR) is 112 cm³/mol. The molecule has 0 unspecified atom stereocenters. The smallest absolute Gasteiger partial charge is 0.271 e. The molecule has 0 bridgehead atoms. The second-order valence-corrected chi connectivity index (χ2v) is 6.41. The van der Waals surface area contributed by atoms with Crippen molar-refractivity contribution in [1.29, 1.82) is 0 Å². The molecule has 0 atom stereocenters. The van der Waals surface area contributed by atoms with Gasteiger partial charge in [-0.3, -0.25) is 9.59 Å². The molecule has 0 aliphatic heterocycles. The third kappa shape index (κ3) is 7.23. The number of unbranched alkanes of at least 4 members (excludes halogenated alkanes) is 3. The van der Waals surface area contributed by atoms with Gasteiger partial charge in [-0.05, 0) is 54.4 Å². The second-order valence-electron chi connectivity index (χ2n) is 6.41. The van der Waals surface area contributed by atoms with Crippen molar-refractivity contribution >= 4 is 23.7 Å². The van der Waals surface area contributed by atoms with E-state index in [-0.39, 0.29) is 11.8 Å². The average molecular weight is 381 g/mol. The van der Waals surface area contributed by atoms with Crippen molar-refractivity contribution in [3.63, 3.8) is 0 Å². The number of hydrazone groups is 1. The highest BCUT2D eigenvalue weighted by Crippen LogP contribution is 2.13. The lowest BCUT2D eigenvalue weighted by atomic mass is 10.1. The lowest BCUT2D eigenvalue weighted by Crippen LogP contribution is -2.18. The standard InChI is InChI=1S/C22H27N3O3/c1-3-4-5-6-10-21(26)24-19-9-7-8-18(15-19)22(27)25-23-16-17-11-13-20(28-2)14-12-17/h7-9,11-16H,3-6,10H2,1-2H3,(H,24,26)(H,25,27)/b23-16+. The number of ether oxygens (including phenoxy) is 1. The first kappa shape index (κ1) is 21.2. The van der Waals surface area contributed by atoms with Gasteiger partial charge >= 0.3 is 0 Å². The van der Waals surface area contributed by atoms with Crippen molar-refractivity contribution in [2.75, 3.05) is 12.4 Å². The number of hydrogen-bond acceptors (Lipinski definition) is 4. The summed E-state index contributed by atoms with van der Waals surface area (Å²) in [4.78, 5) is 24.2. The highest BCUT2D eigenvalue weighted by atomic mass is 16.5. The lowest BCUT2D eigenvalue weighted by Gasteiger charge is -2.07. The van der Waals surface area contributed by atoms with E-state index in [0.717, 1.165) is 37.0 Å². The number of nitrogens with one attached hydrogen (secondary N) is 2. The minimum absolute atomic E-state index is 0.0359. The molecule has 0 saturated carbocycles. The van der Waals surface area contributed by atoms with Crippen LogP contribution in [0, 0.1) is 0 Å². The Bertz CT molecular complexity index is 801. The molecule has 2 N–H and O–H groups in total. The molecule has 6 nitrogen and oxygen atoms in total. The van der Waals surface area contributed by atoms with E-state index in [1.54, 1.807) is 37.6 Å². The number of benzene rings is 2. The minimum atomic E-state index is -0.344. The SMILES string of the molecule is CCCCCCC(=O)Nc1cccc(C(=O)N/N=C/c2ccc(OC)cc2)c1. The molecule has 2 aromatic rings. The summed E-state index contributed by atoms with van der Waals surface area (Å²) in [6.45, 7) is 2.14. The van der Waals surface area contributed by atoms with Crippen LogP contribution in [0.25, 0.3) is 0 Å². The summed E-state index contributed by atoms with van der Waals surface area (Å²) in [6.07, 6.45) is 6.25. The number of methoxy groups -OCH3 is 1. The number of anilines is 1. The highest BCUT2D eigenvalue weighted by Gasteiger charge is 2.07. The third-order valence-electron chi connectivity index (χ3n) is 4.16. The fourth-order valence-electron chi connectivity index (χ4n) is 2.59. The van der Waals surface area contributed by atoms with Crippen LogP contribution in [-0.4, -0.2) is 25.1 Å². The van der Waals surface area contributed by atoms with Crippen LogP contribution in [0.1, 0.15) is 54.9 Å². The van der Waals surface area contributed by atoms with Crippen molar-refractivity contribution in [1.82, 2.24) is 5.43 Å². The van der Waals surface area contributed by atoms with Crippen LogP contribution >= 0.6 is 0 Å². The first-order valence-corrected chi connectivity index (χ1v) is 9.49. The normalized spacial score (nSPS) is 10.6. The van der Waals surface area contributed by atoms with Crippen molar-refractivity contribution in [3.05, 3.63) is 59.7 Å². The van der Waals surface area contributed by atoms with Crippen molar-refractivity contribution in [3.8, 4) is 5.75 Å². The molecule has 6 heteroatoms. The third-order valence-corrected chi connectivity index (χ3v) is 4.16. The summed E-state index contributed by atoms with van der Waals surface area (Å²) in [5.74, 6) is 0.375. The quantitative estimate of drug-likeness (QED) is 0.364. The Balaban J connectivity index is 1.86. The van der Waals surface area contributed by atoms with Crippen LogP contribution in [0.4, 0.5) is 5.69 Å². The Morgan fingerprint density at radius 1 is 1.07 bits per heavy atom. The topological polar surface area (TPSA) is 79.8 Å². The Kier molecular flexibility index (Phi) is 8.72. The molecule has 0 radical (unpaired) electrons. The van der Waals surface area contributed by atoms with E-state index in [1.165, 1.54) is 0 Å². The Morgan fingerprint density at radius 3 is 2.57 bits per heavy atom. The Morgan fingerprint density at radius 2 is 1.86 bits per heavy atom. The molecule has 0 aromatic heterocycles. The summed E-state index contributed by atoms with van der Waals surface area (Å²) in [5, 5.41) is 6.81. The minimum Gasteiger partial charge on any atom is -0.497 e. The van der Waals surface area contributed by atoms with Gasteiger partial charge in [0.1, 0.15) is 5.75 Å². The van der Waals surface area contributed by atoms with Gasteiger partial charge in [0.2, 0.25) is 5.91 Å². The van der Waals surface area contributed by atoms with E-state index < -0.39 is 0 Å². The largest absolute Gasteiger partial charge is 0.497 e. The zero-order valence-corrected chi connectivity index (χ0v) is 16.4. The van der Waals surface area contributed by atoms with Crippen LogP contribution < -0.4 is 15.5 Å². The molecule has 0 heterocycles. The maximum absolute atomic E-state index is 12.3. The maximum atomic E-state index is 12.3. The van der Waals surface area contributed by atoms with Gasteiger partial charge < -0.3 is 10.1 Å². The molecular weight excluding hydrogens is 354 g/mol. The molecule has 0 aliphatic carbocycles. The van der Waals surface area contributed by atoms with Crippen molar-refractivity contribution in [2.24, 2.45) is 5.10 Å². The van der Waals surface area contributed by atoms with Gasteiger partial charge in [0.15, 0.2) is 0 Å². The molecule has 0 saturated heterocycles.